The van der Waals surface area contributed by atoms with E-state index >= 15 is 0 Å². The lowest BCUT2D eigenvalue weighted by atomic mass is 10.1. The molecule has 0 fully saturated rings. The Bertz CT molecular complexity index is 552. The average molecular weight is 261 g/mol. The van der Waals surface area contributed by atoms with Crippen LogP contribution in [0.15, 0.2) is 36.7 Å². The van der Waals surface area contributed by atoms with Crippen LogP contribution in [-0.2, 0) is 17.9 Å². The van der Waals surface area contributed by atoms with Gasteiger partial charge in [-0.1, -0.05) is 12.1 Å². The van der Waals surface area contributed by atoms with Crippen molar-refractivity contribution in [3.8, 4) is 0 Å². The number of carbonyl (C=O) groups is 1. The number of hydrogen-bond donors (Lipinski definition) is 1. The highest BCUT2D eigenvalue weighted by atomic mass is 19.1. The van der Waals surface area contributed by atoms with Gasteiger partial charge in [0.15, 0.2) is 0 Å². The van der Waals surface area contributed by atoms with Gasteiger partial charge in [0, 0.05) is 31.9 Å². The summed E-state index contributed by atoms with van der Waals surface area (Å²) in [6, 6.07) is 6.78. The molecule has 0 saturated heterocycles. The molecule has 4 nitrogen and oxygen atoms in total. The lowest BCUT2D eigenvalue weighted by Gasteiger charge is -2.06. The Morgan fingerprint density at radius 1 is 1.47 bits per heavy atom. The Labute approximate surface area is 111 Å². The quantitative estimate of drug-likeness (QED) is 0.895. The van der Waals surface area contributed by atoms with Crippen LogP contribution in [0.5, 0.6) is 0 Å². The highest BCUT2D eigenvalue weighted by Gasteiger charge is 2.03. The second kappa shape index (κ2) is 6.13. The van der Waals surface area contributed by atoms with Crippen LogP contribution >= 0.6 is 0 Å². The molecule has 0 radical (unpaired) electrons. The zero-order valence-electron chi connectivity index (χ0n) is 10.8. The molecule has 2 aromatic rings. The Balaban J connectivity index is 1.78. The van der Waals surface area contributed by atoms with Crippen molar-refractivity contribution in [1.29, 1.82) is 0 Å². The zero-order valence-corrected chi connectivity index (χ0v) is 10.8. The van der Waals surface area contributed by atoms with E-state index in [0.29, 0.717) is 25.1 Å². The van der Waals surface area contributed by atoms with Crippen molar-refractivity contribution in [1.82, 2.24) is 15.1 Å². The molecule has 19 heavy (non-hydrogen) atoms. The summed E-state index contributed by atoms with van der Waals surface area (Å²) in [4.78, 5) is 11.6. The molecule has 0 saturated carbocycles. The molecule has 0 bridgehead atoms. The maximum atomic E-state index is 13.3. The van der Waals surface area contributed by atoms with Crippen molar-refractivity contribution in [2.45, 2.75) is 26.4 Å². The van der Waals surface area contributed by atoms with Crippen molar-refractivity contribution < 1.29 is 9.18 Å². The average Bonchev–Trinajstić information content (AvgIpc) is 2.91. The first-order chi connectivity index (χ1) is 9.15. The van der Waals surface area contributed by atoms with Gasteiger partial charge in [-0.25, -0.2) is 4.39 Å². The van der Waals surface area contributed by atoms with E-state index in [9.17, 15) is 9.18 Å². The van der Waals surface area contributed by atoms with Gasteiger partial charge in [-0.2, -0.15) is 5.10 Å². The number of nitrogens with zero attached hydrogens (tertiary/aromatic N) is 2. The smallest absolute Gasteiger partial charge is 0.222 e. The van der Waals surface area contributed by atoms with E-state index in [-0.39, 0.29) is 11.7 Å². The first-order valence-corrected chi connectivity index (χ1v) is 6.14. The van der Waals surface area contributed by atoms with Gasteiger partial charge in [0.25, 0.3) is 0 Å². The number of nitrogens with one attached hydrogen (secondary N) is 1. The maximum Gasteiger partial charge on any atom is 0.222 e. The third-order valence-electron chi connectivity index (χ3n) is 2.85. The van der Waals surface area contributed by atoms with Gasteiger partial charge in [-0.05, 0) is 30.2 Å². The fourth-order valence-corrected chi connectivity index (χ4v) is 1.68. The summed E-state index contributed by atoms with van der Waals surface area (Å²) in [5.41, 5.74) is 1.37. The van der Waals surface area contributed by atoms with Crippen molar-refractivity contribution >= 4 is 5.91 Å². The van der Waals surface area contributed by atoms with Crippen molar-refractivity contribution in [2.24, 2.45) is 0 Å². The topological polar surface area (TPSA) is 46.9 Å². The van der Waals surface area contributed by atoms with Gasteiger partial charge < -0.3 is 5.32 Å². The van der Waals surface area contributed by atoms with Gasteiger partial charge in [0.1, 0.15) is 5.82 Å². The normalized spacial score (nSPS) is 10.4. The van der Waals surface area contributed by atoms with Crippen LogP contribution in [0.25, 0.3) is 0 Å². The molecule has 0 aliphatic heterocycles. The van der Waals surface area contributed by atoms with Crippen LogP contribution < -0.4 is 5.32 Å². The number of hydrogen-bond acceptors (Lipinski definition) is 2. The molecule has 5 heteroatoms. The van der Waals surface area contributed by atoms with E-state index in [2.05, 4.69) is 10.4 Å². The molecule has 1 aromatic carbocycles. The van der Waals surface area contributed by atoms with Crippen molar-refractivity contribution in [3.63, 3.8) is 0 Å². The minimum absolute atomic E-state index is 0.0727. The number of amides is 1. The van der Waals surface area contributed by atoms with Gasteiger partial charge >= 0.3 is 0 Å². The predicted molar refractivity (Wildman–Crippen MR) is 69.8 cm³/mol. The lowest BCUT2D eigenvalue weighted by molar-refractivity contribution is -0.121. The van der Waals surface area contributed by atoms with E-state index in [1.165, 1.54) is 6.07 Å². The summed E-state index contributed by atoms with van der Waals surface area (Å²) < 4.78 is 15.0. The molecule has 2 rings (SSSR count). The molecule has 1 aromatic heterocycles. The van der Waals surface area contributed by atoms with E-state index in [1.807, 2.05) is 18.3 Å². The second-order valence-electron chi connectivity index (χ2n) is 4.38. The first kappa shape index (κ1) is 13.3. The Morgan fingerprint density at radius 3 is 3.00 bits per heavy atom. The maximum absolute atomic E-state index is 13.3. The SMILES string of the molecule is Cc1ccc(CNC(=O)CCn2cccn2)cc1F. The number of benzene rings is 1. The lowest BCUT2D eigenvalue weighted by Crippen LogP contribution is -2.24. The minimum Gasteiger partial charge on any atom is -0.352 e. The number of aromatic nitrogens is 2. The highest BCUT2D eigenvalue weighted by Crippen LogP contribution is 2.08. The summed E-state index contributed by atoms with van der Waals surface area (Å²) in [6.07, 6.45) is 3.84. The predicted octanol–water partition coefficient (Wildman–Crippen LogP) is 2.04. The molecular formula is C14H16FN3O. The van der Waals surface area contributed by atoms with E-state index in [1.54, 1.807) is 23.9 Å². The number of rotatable bonds is 5. The summed E-state index contributed by atoms with van der Waals surface area (Å²) in [7, 11) is 0. The largest absolute Gasteiger partial charge is 0.352 e. The molecule has 1 amide bonds. The van der Waals surface area contributed by atoms with Gasteiger partial charge in [-0.3, -0.25) is 9.48 Å². The van der Waals surface area contributed by atoms with Gasteiger partial charge in [0.05, 0.1) is 0 Å². The van der Waals surface area contributed by atoms with Crippen LogP contribution in [0.3, 0.4) is 0 Å². The van der Waals surface area contributed by atoms with Crippen LogP contribution in [0, 0.1) is 12.7 Å². The molecule has 0 spiro atoms. The van der Waals surface area contributed by atoms with Crippen LogP contribution in [0.4, 0.5) is 4.39 Å². The molecule has 100 valence electrons. The summed E-state index contributed by atoms with van der Waals surface area (Å²) in [6.45, 7) is 2.60. The highest BCUT2D eigenvalue weighted by molar-refractivity contribution is 5.75. The number of carbonyl (C=O) groups excluding carboxylic acids is 1. The monoisotopic (exact) mass is 261 g/mol. The molecule has 1 N–H and O–H groups in total. The van der Waals surface area contributed by atoms with Crippen LogP contribution in [0.2, 0.25) is 0 Å². The van der Waals surface area contributed by atoms with Crippen molar-refractivity contribution in [3.05, 3.63) is 53.6 Å². The zero-order chi connectivity index (χ0) is 13.7. The molecule has 0 aliphatic carbocycles. The standard InChI is InChI=1S/C14H16FN3O/c1-11-3-4-12(9-13(11)15)10-16-14(19)5-8-18-7-2-6-17-18/h2-4,6-7,9H,5,8,10H2,1H3,(H,16,19). The van der Waals surface area contributed by atoms with E-state index in [4.69, 9.17) is 0 Å². The van der Waals surface area contributed by atoms with E-state index in [0.717, 1.165) is 5.56 Å². The third-order valence-corrected chi connectivity index (χ3v) is 2.85. The summed E-state index contributed by atoms with van der Waals surface area (Å²) in [5.74, 6) is -0.320. The van der Waals surface area contributed by atoms with Crippen LogP contribution in [0.1, 0.15) is 17.5 Å². The Hall–Kier alpha value is -2.17. The van der Waals surface area contributed by atoms with Gasteiger partial charge in [0.2, 0.25) is 5.91 Å². The first-order valence-electron chi connectivity index (χ1n) is 6.14. The number of halogens is 1. The molecule has 0 unspecified atom stereocenters. The Morgan fingerprint density at radius 2 is 2.32 bits per heavy atom. The third kappa shape index (κ3) is 3.91. The molecule has 1 heterocycles. The fraction of sp³-hybridized carbons (Fsp3) is 0.286. The number of aryl methyl sites for hydroxylation is 2. The van der Waals surface area contributed by atoms with E-state index < -0.39 is 0 Å². The molecular weight excluding hydrogens is 245 g/mol. The summed E-state index contributed by atoms with van der Waals surface area (Å²) in [5, 5.41) is 6.78. The minimum atomic E-state index is -0.247. The Kier molecular flexibility index (Phi) is 4.28. The molecule has 0 atom stereocenters. The second-order valence-corrected chi connectivity index (χ2v) is 4.38. The fourth-order valence-electron chi connectivity index (χ4n) is 1.68. The van der Waals surface area contributed by atoms with Gasteiger partial charge in [-0.15, -0.1) is 0 Å². The summed E-state index contributed by atoms with van der Waals surface area (Å²) >= 11 is 0. The van der Waals surface area contributed by atoms with Crippen molar-refractivity contribution in [2.75, 3.05) is 0 Å². The molecule has 0 aliphatic rings. The van der Waals surface area contributed by atoms with Crippen LogP contribution in [-0.4, -0.2) is 15.7 Å².